The Bertz CT molecular complexity index is 1190. The lowest BCUT2D eigenvalue weighted by molar-refractivity contribution is -0.116. The lowest BCUT2D eigenvalue weighted by Gasteiger charge is -2.12. The third kappa shape index (κ3) is 7.50. The van der Waals surface area contributed by atoms with Crippen LogP contribution < -0.4 is 15.4 Å². The molecule has 34 heavy (non-hydrogen) atoms. The van der Waals surface area contributed by atoms with Crippen molar-refractivity contribution < 1.29 is 23.9 Å². The summed E-state index contributed by atoms with van der Waals surface area (Å²) in [6.07, 6.45) is 2.29. The second kappa shape index (κ2) is 12.2. The van der Waals surface area contributed by atoms with Crippen LogP contribution in [0.25, 0.3) is 6.08 Å². The summed E-state index contributed by atoms with van der Waals surface area (Å²) in [6, 6.07) is 20.4. The van der Waals surface area contributed by atoms with Crippen LogP contribution in [0, 0.1) is 0 Å². The molecule has 0 aliphatic rings. The van der Waals surface area contributed by atoms with Crippen LogP contribution in [0.3, 0.4) is 0 Å². The predicted octanol–water partition coefficient (Wildman–Crippen LogP) is 5.46. The van der Waals surface area contributed by atoms with Crippen LogP contribution in [-0.4, -0.2) is 24.6 Å². The summed E-state index contributed by atoms with van der Waals surface area (Å²) < 4.78 is 9.71. The third-order valence-electron chi connectivity index (χ3n) is 4.57. The number of para-hydroxylation sites is 1. The smallest absolute Gasteiger partial charge is 0.434 e. The molecule has 2 N–H and O–H groups in total. The Balaban J connectivity index is 1.58. The largest absolute Gasteiger partial charge is 0.513 e. The third-order valence-corrected chi connectivity index (χ3v) is 4.81. The van der Waals surface area contributed by atoms with Gasteiger partial charge in [-0.2, -0.15) is 0 Å². The van der Waals surface area contributed by atoms with E-state index in [4.69, 9.17) is 21.1 Å². The van der Waals surface area contributed by atoms with E-state index in [0.717, 1.165) is 11.1 Å². The molecular weight excluding hydrogens is 456 g/mol. The molecule has 0 aliphatic carbocycles. The highest BCUT2D eigenvalue weighted by atomic mass is 35.5. The first-order valence-corrected chi connectivity index (χ1v) is 10.9. The topological polar surface area (TPSA) is 93.7 Å². The number of anilines is 1. The van der Waals surface area contributed by atoms with Crippen LogP contribution in [-0.2, 0) is 16.1 Å². The summed E-state index contributed by atoms with van der Waals surface area (Å²) in [7, 11) is 0. The molecular formula is C26H23ClN2O5. The van der Waals surface area contributed by atoms with Crippen molar-refractivity contribution in [3.8, 4) is 5.75 Å². The van der Waals surface area contributed by atoms with E-state index in [0.29, 0.717) is 16.3 Å². The molecule has 0 atom stereocenters. The molecule has 0 heterocycles. The predicted molar refractivity (Wildman–Crippen MR) is 131 cm³/mol. The maximum Gasteiger partial charge on any atom is 0.513 e. The van der Waals surface area contributed by atoms with Gasteiger partial charge >= 0.3 is 6.16 Å². The first-order chi connectivity index (χ1) is 16.4. The van der Waals surface area contributed by atoms with Gasteiger partial charge in [0.05, 0.1) is 6.61 Å². The molecule has 3 rings (SSSR count). The normalized spacial score (nSPS) is 10.5. The number of carbonyl (C=O) groups is 3. The summed E-state index contributed by atoms with van der Waals surface area (Å²) in [4.78, 5) is 36.3. The van der Waals surface area contributed by atoms with E-state index in [1.807, 2.05) is 18.2 Å². The second-order valence-corrected chi connectivity index (χ2v) is 7.46. The lowest BCUT2D eigenvalue weighted by atomic mass is 10.1. The molecule has 0 aliphatic heterocycles. The van der Waals surface area contributed by atoms with Crippen LogP contribution in [0.2, 0.25) is 5.02 Å². The first-order valence-electron chi connectivity index (χ1n) is 10.5. The number of nitrogens with one attached hydrogen (secondary N) is 2. The minimum Gasteiger partial charge on any atom is -0.434 e. The average molecular weight is 479 g/mol. The highest BCUT2D eigenvalue weighted by molar-refractivity contribution is 6.30. The molecule has 0 saturated heterocycles. The molecule has 0 spiro atoms. The molecule has 3 aromatic carbocycles. The van der Waals surface area contributed by atoms with E-state index in [1.165, 1.54) is 30.3 Å². The summed E-state index contributed by atoms with van der Waals surface area (Å²) in [6.45, 7) is 2.11. The Morgan fingerprint density at radius 2 is 1.74 bits per heavy atom. The number of hydrogen-bond donors (Lipinski definition) is 2. The fraction of sp³-hybridized carbons (Fsp3) is 0.115. The van der Waals surface area contributed by atoms with Gasteiger partial charge < -0.3 is 20.1 Å². The fourth-order valence-electron chi connectivity index (χ4n) is 2.93. The van der Waals surface area contributed by atoms with Crippen molar-refractivity contribution in [1.29, 1.82) is 0 Å². The summed E-state index contributed by atoms with van der Waals surface area (Å²) in [5, 5.41) is 6.23. The number of benzene rings is 3. The molecule has 7 nitrogen and oxygen atoms in total. The Hall–Kier alpha value is -4.10. The van der Waals surface area contributed by atoms with Gasteiger partial charge in [0.2, 0.25) is 5.91 Å². The Morgan fingerprint density at radius 3 is 2.47 bits per heavy atom. The second-order valence-electron chi connectivity index (χ2n) is 7.03. The number of ether oxygens (including phenoxy) is 2. The van der Waals surface area contributed by atoms with E-state index >= 15 is 0 Å². The van der Waals surface area contributed by atoms with Gasteiger partial charge in [0.15, 0.2) is 0 Å². The van der Waals surface area contributed by atoms with E-state index in [2.05, 4.69) is 10.6 Å². The highest BCUT2D eigenvalue weighted by Gasteiger charge is 2.11. The standard InChI is InChI=1S/C26H23ClN2O5/c1-2-33-26(32)34-22-13-11-19(12-14-22)25(31)29-23-9-4-3-7-20(23)17-28-24(30)15-10-18-6-5-8-21(27)16-18/h3-16H,2,17H2,1H3,(H,28,30)(H,29,31)/b15-10+. The monoisotopic (exact) mass is 478 g/mol. The Kier molecular flexibility index (Phi) is 8.82. The summed E-state index contributed by atoms with van der Waals surface area (Å²) in [5.41, 5.74) is 2.49. The number of halogens is 1. The van der Waals surface area contributed by atoms with Crippen molar-refractivity contribution in [3.63, 3.8) is 0 Å². The molecule has 2 amide bonds. The molecule has 0 bridgehead atoms. The zero-order valence-electron chi connectivity index (χ0n) is 18.4. The number of amides is 2. The van der Waals surface area contributed by atoms with Crippen molar-refractivity contribution in [1.82, 2.24) is 5.32 Å². The average Bonchev–Trinajstić information content (AvgIpc) is 2.83. The fourth-order valence-corrected chi connectivity index (χ4v) is 3.13. The van der Waals surface area contributed by atoms with Gasteiger partial charge in [-0.1, -0.05) is 41.9 Å². The van der Waals surface area contributed by atoms with Gasteiger partial charge in [0, 0.05) is 28.9 Å². The van der Waals surface area contributed by atoms with E-state index in [-0.39, 0.29) is 30.7 Å². The van der Waals surface area contributed by atoms with E-state index < -0.39 is 6.16 Å². The molecule has 0 saturated carbocycles. The molecule has 0 aromatic heterocycles. The number of rotatable bonds is 8. The quantitative estimate of drug-likeness (QED) is 0.255. The van der Waals surface area contributed by atoms with Crippen LogP contribution >= 0.6 is 11.6 Å². The van der Waals surface area contributed by atoms with Gasteiger partial charge in [-0.05, 0) is 66.6 Å². The zero-order chi connectivity index (χ0) is 24.3. The molecule has 8 heteroatoms. The van der Waals surface area contributed by atoms with Gasteiger partial charge in [-0.25, -0.2) is 4.79 Å². The lowest BCUT2D eigenvalue weighted by Crippen LogP contribution is -2.22. The molecule has 174 valence electrons. The Morgan fingerprint density at radius 1 is 0.971 bits per heavy atom. The molecule has 3 aromatic rings. The maximum atomic E-state index is 12.7. The molecule has 0 fully saturated rings. The van der Waals surface area contributed by atoms with Gasteiger partial charge in [-0.15, -0.1) is 0 Å². The highest BCUT2D eigenvalue weighted by Crippen LogP contribution is 2.18. The van der Waals surface area contributed by atoms with Gasteiger partial charge in [0.1, 0.15) is 5.75 Å². The summed E-state index contributed by atoms with van der Waals surface area (Å²) >= 11 is 5.95. The molecule has 0 radical (unpaired) electrons. The minimum atomic E-state index is -0.807. The SMILES string of the molecule is CCOC(=O)Oc1ccc(C(=O)Nc2ccccc2CNC(=O)/C=C/c2cccc(Cl)c2)cc1. The van der Waals surface area contributed by atoms with E-state index in [1.54, 1.807) is 43.3 Å². The van der Waals surface area contributed by atoms with Crippen molar-refractivity contribution >= 4 is 41.3 Å². The van der Waals surface area contributed by atoms with Gasteiger partial charge in [0.25, 0.3) is 5.91 Å². The van der Waals surface area contributed by atoms with Crippen LogP contribution in [0.15, 0.2) is 78.9 Å². The van der Waals surface area contributed by atoms with Crippen molar-refractivity contribution in [2.45, 2.75) is 13.5 Å². The first kappa shape index (κ1) is 24.5. The van der Waals surface area contributed by atoms with Crippen LogP contribution in [0.4, 0.5) is 10.5 Å². The van der Waals surface area contributed by atoms with Crippen molar-refractivity contribution in [2.75, 3.05) is 11.9 Å². The van der Waals surface area contributed by atoms with Crippen molar-refractivity contribution in [2.24, 2.45) is 0 Å². The van der Waals surface area contributed by atoms with Crippen LogP contribution in [0.1, 0.15) is 28.4 Å². The van der Waals surface area contributed by atoms with Crippen LogP contribution in [0.5, 0.6) is 5.75 Å². The molecule has 0 unspecified atom stereocenters. The minimum absolute atomic E-state index is 0.206. The maximum absolute atomic E-state index is 12.7. The Labute approximate surface area is 202 Å². The van der Waals surface area contributed by atoms with Crippen molar-refractivity contribution in [3.05, 3.63) is 101 Å². The summed E-state index contributed by atoms with van der Waals surface area (Å²) in [5.74, 6) is -0.357. The number of hydrogen-bond acceptors (Lipinski definition) is 5. The van der Waals surface area contributed by atoms with Gasteiger partial charge in [-0.3, -0.25) is 9.59 Å². The van der Waals surface area contributed by atoms with E-state index in [9.17, 15) is 14.4 Å². The zero-order valence-corrected chi connectivity index (χ0v) is 19.2. The number of carbonyl (C=O) groups excluding carboxylic acids is 3.